The molecule has 4 rings (SSSR count). The van der Waals surface area contributed by atoms with E-state index in [0.29, 0.717) is 26.2 Å². The van der Waals surface area contributed by atoms with Gasteiger partial charge < -0.3 is 25.0 Å². The minimum Gasteiger partial charge on any atom is -0.449 e. The maximum atomic E-state index is 12.6. The van der Waals surface area contributed by atoms with Gasteiger partial charge in [0.1, 0.15) is 5.60 Å². The van der Waals surface area contributed by atoms with Gasteiger partial charge in [-0.2, -0.15) is 0 Å². The second-order valence-electron chi connectivity index (χ2n) is 7.02. The lowest BCUT2D eigenvalue weighted by Crippen LogP contribution is -2.44. The Labute approximate surface area is 157 Å². The van der Waals surface area contributed by atoms with Crippen molar-refractivity contribution in [2.45, 2.75) is 31.3 Å². The van der Waals surface area contributed by atoms with E-state index in [0.717, 1.165) is 50.3 Å². The van der Waals surface area contributed by atoms with Gasteiger partial charge in [0.25, 0.3) is 5.91 Å². The zero-order valence-electron chi connectivity index (χ0n) is 14.8. The number of hydrogen-bond acceptors (Lipinski definition) is 6. The molecule has 2 saturated heterocycles. The van der Waals surface area contributed by atoms with Gasteiger partial charge in [-0.1, -0.05) is 0 Å². The second-order valence-corrected chi connectivity index (χ2v) is 8.07. The Hall–Kier alpha value is -1.64. The Kier molecular flexibility index (Phi) is 5.15. The predicted octanol–water partition coefficient (Wildman–Crippen LogP) is 1.47. The van der Waals surface area contributed by atoms with Crippen molar-refractivity contribution in [2.24, 2.45) is 0 Å². The van der Waals surface area contributed by atoms with Crippen LogP contribution in [0.4, 0.5) is 4.79 Å². The molecule has 0 atom stereocenters. The van der Waals surface area contributed by atoms with Crippen LogP contribution in [-0.4, -0.2) is 62.8 Å². The van der Waals surface area contributed by atoms with Crippen LogP contribution in [0.25, 0.3) is 0 Å². The van der Waals surface area contributed by atoms with Crippen LogP contribution < -0.4 is 10.6 Å². The zero-order chi connectivity index (χ0) is 18.0. The van der Waals surface area contributed by atoms with Crippen molar-refractivity contribution in [2.75, 3.05) is 45.9 Å². The van der Waals surface area contributed by atoms with E-state index in [1.807, 2.05) is 6.07 Å². The van der Waals surface area contributed by atoms with Gasteiger partial charge in [-0.3, -0.25) is 4.79 Å². The smallest absolute Gasteiger partial charge is 0.409 e. The van der Waals surface area contributed by atoms with Crippen molar-refractivity contribution in [3.63, 3.8) is 0 Å². The lowest BCUT2D eigenvalue weighted by atomic mass is 9.86. The highest BCUT2D eigenvalue weighted by Gasteiger charge is 2.41. The van der Waals surface area contributed by atoms with E-state index in [4.69, 9.17) is 9.47 Å². The van der Waals surface area contributed by atoms with E-state index >= 15 is 0 Å². The van der Waals surface area contributed by atoms with Crippen LogP contribution in [0.2, 0.25) is 0 Å². The Morgan fingerprint density at radius 1 is 1.35 bits per heavy atom. The molecule has 0 radical (unpaired) electrons. The molecule has 0 saturated carbocycles. The van der Waals surface area contributed by atoms with E-state index in [1.54, 1.807) is 16.2 Å². The molecule has 2 amide bonds. The fraction of sp³-hybridized carbons (Fsp3) is 0.667. The predicted molar refractivity (Wildman–Crippen MR) is 97.6 cm³/mol. The van der Waals surface area contributed by atoms with Gasteiger partial charge in [-0.05, 0) is 50.4 Å². The van der Waals surface area contributed by atoms with Crippen molar-refractivity contribution in [1.82, 2.24) is 15.5 Å². The van der Waals surface area contributed by atoms with Crippen LogP contribution in [0, 0.1) is 0 Å². The molecule has 26 heavy (non-hydrogen) atoms. The maximum Gasteiger partial charge on any atom is 0.409 e. The molecule has 1 aromatic heterocycles. The molecular weight excluding hydrogens is 354 g/mol. The maximum absolute atomic E-state index is 12.6. The van der Waals surface area contributed by atoms with Crippen LogP contribution in [0.1, 0.15) is 39.4 Å². The van der Waals surface area contributed by atoms with Crippen LogP contribution in [-0.2, 0) is 21.5 Å². The van der Waals surface area contributed by atoms with E-state index < -0.39 is 0 Å². The minimum absolute atomic E-state index is 0.0705. The summed E-state index contributed by atoms with van der Waals surface area (Å²) < 4.78 is 11.2. The summed E-state index contributed by atoms with van der Waals surface area (Å²) >= 11 is 1.57. The number of thiophene rings is 1. The topological polar surface area (TPSA) is 79.9 Å². The van der Waals surface area contributed by atoms with E-state index in [9.17, 15) is 9.59 Å². The van der Waals surface area contributed by atoms with E-state index in [1.165, 1.54) is 10.4 Å². The third kappa shape index (κ3) is 3.45. The number of rotatable bonds is 4. The first-order valence-corrected chi connectivity index (χ1v) is 10.2. The van der Waals surface area contributed by atoms with Gasteiger partial charge in [0.15, 0.2) is 0 Å². The Morgan fingerprint density at radius 2 is 2.19 bits per heavy atom. The number of ether oxygens (including phenoxy) is 2. The van der Waals surface area contributed by atoms with Gasteiger partial charge in [0, 0.05) is 24.5 Å². The molecule has 142 valence electrons. The first-order valence-electron chi connectivity index (χ1n) is 9.36. The molecule has 7 nitrogen and oxygen atoms in total. The third-order valence-corrected chi connectivity index (χ3v) is 6.69. The largest absolute Gasteiger partial charge is 0.449 e. The lowest BCUT2D eigenvalue weighted by Gasteiger charge is -2.40. The molecule has 0 unspecified atom stereocenters. The Balaban J connectivity index is 1.39. The number of nitrogens with zero attached hydrogens (tertiary/aromatic N) is 1. The summed E-state index contributed by atoms with van der Waals surface area (Å²) in [5, 5.41) is 6.32. The van der Waals surface area contributed by atoms with E-state index in [2.05, 4.69) is 10.6 Å². The molecule has 3 aliphatic heterocycles. The first kappa shape index (κ1) is 17.8. The number of fused-ring (bicyclic) bond motifs is 2. The highest BCUT2D eigenvalue weighted by molar-refractivity contribution is 7.14. The summed E-state index contributed by atoms with van der Waals surface area (Å²) in [5.41, 5.74) is 1.05. The van der Waals surface area contributed by atoms with Crippen LogP contribution in [0.15, 0.2) is 6.07 Å². The molecule has 4 heterocycles. The molecule has 2 N–H and O–H groups in total. The van der Waals surface area contributed by atoms with Crippen LogP contribution in [0.3, 0.4) is 0 Å². The van der Waals surface area contributed by atoms with Crippen molar-refractivity contribution in [1.29, 1.82) is 0 Å². The molecule has 0 bridgehead atoms. The van der Waals surface area contributed by atoms with Gasteiger partial charge in [-0.25, -0.2) is 4.79 Å². The number of amides is 2. The first-order chi connectivity index (χ1) is 12.7. The van der Waals surface area contributed by atoms with Crippen LogP contribution >= 0.6 is 11.3 Å². The normalized spacial score (nSPS) is 22.0. The molecule has 8 heteroatoms. The minimum atomic E-state index is -0.290. The summed E-state index contributed by atoms with van der Waals surface area (Å²) in [4.78, 5) is 27.8. The highest BCUT2D eigenvalue weighted by atomic mass is 32.1. The number of piperidine rings is 1. The molecule has 2 fully saturated rings. The van der Waals surface area contributed by atoms with Gasteiger partial charge in [-0.15, -0.1) is 11.3 Å². The average molecular weight is 379 g/mol. The van der Waals surface area contributed by atoms with Crippen molar-refractivity contribution in [3.8, 4) is 0 Å². The van der Waals surface area contributed by atoms with Gasteiger partial charge >= 0.3 is 6.09 Å². The van der Waals surface area contributed by atoms with E-state index in [-0.39, 0.29) is 17.6 Å². The number of carbonyl (C=O) groups excluding carboxylic acids is 2. The summed E-state index contributed by atoms with van der Waals surface area (Å²) in [6.45, 7) is 4.71. The number of cyclic esters (lactones) is 1. The molecular formula is C18H25N3O4S. The average Bonchev–Trinajstić information content (AvgIpc) is 3.10. The lowest BCUT2D eigenvalue weighted by molar-refractivity contribution is -0.0771. The fourth-order valence-electron chi connectivity index (χ4n) is 3.93. The standard InChI is InChI=1S/C18H25N3O4S/c22-16(20-7-9-21-8-1-10-24-17(21)23)14-12-13-2-11-25-18(15(13)26-14)3-5-19-6-4-18/h12,19H,1-11H2,(H,20,22). The molecule has 1 spiro atoms. The Morgan fingerprint density at radius 3 is 3.00 bits per heavy atom. The summed E-state index contributed by atoms with van der Waals surface area (Å²) in [7, 11) is 0. The number of carbonyl (C=O) groups is 2. The van der Waals surface area contributed by atoms with Crippen molar-refractivity contribution >= 4 is 23.3 Å². The monoisotopic (exact) mass is 379 g/mol. The second kappa shape index (κ2) is 7.54. The van der Waals surface area contributed by atoms with Gasteiger partial charge in [0.2, 0.25) is 0 Å². The Bertz CT molecular complexity index is 684. The number of nitrogens with one attached hydrogen (secondary N) is 2. The molecule has 3 aliphatic rings. The fourth-order valence-corrected chi connectivity index (χ4v) is 5.26. The summed E-state index contributed by atoms with van der Waals surface area (Å²) in [6.07, 6.45) is 3.33. The number of hydrogen-bond donors (Lipinski definition) is 2. The van der Waals surface area contributed by atoms with Crippen LogP contribution in [0.5, 0.6) is 0 Å². The quantitative estimate of drug-likeness (QED) is 0.828. The van der Waals surface area contributed by atoms with Crippen molar-refractivity contribution in [3.05, 3.63) is 21.4 Å². The summed E-state index contributed by atoms with van der Waals surface area (Å²) in [6, 6.07) is 2.02. The molecule has 1 aromatic rings. The SMILES string of the molecule is O=C(NCCN1CCCOC1=O)c1cc2c(s1)C1(CCNCC1)OCC2. The van der Waals surface area contributed by atoms with Crippen molar-refractivity contribution < 1.29 is 19.1 Å². The van der Waals surface area contributed by atoms with Gasteiger partial charge in [0.05, 0.1) is 18.1 Å². The third-order valence-electron chi connectivity index (χ3n) is 5.33. The molecule has 0 aromatic carbocycles. The molecule has 0 aliphatic carbocycles. The highest BCUT2D eigenvalue weighted by Crippen LogP contribution is 2.44. The zero-order valence-corrected chi connectivity index (χ0v) is 15.7. The summed E-state index contributed by atoms with van der Waals surface area (Å²) in [5.74, 6) is -0.0705.